The van der Waals surface area contributed by atoms with E-state index in [0.29, 0.717) is 18.5 Å². The van der Waals surface area contributed by atoms with Crippen LogP contribution >= 0.6 is 0 Å². The molecule has 1 saturated heterocycles. The van der Waals surface area contributed by atoms with Crippen molar-refractivity contribution in [3.8, 4) is 0 Å². The maximum atomic E-state index is 12.5. The highest BCUT2D eigenvalue weighted by molar-refractivity contribution is 5.83. The summed E-state index contributed by atoms with van der Waals surface area (Å²) in [5.41, 5.74) is 5.40. The molecule has 3 heteroatoms. The molecule has 1 amide bonds. The Morgan fingerprint density at radius 3 is 2.62 bits per heavy atom. The maximum absolute atomic E-state index is 12.5. The van der Waals surface area contributed by atoms with Gasteiger partial charge in [0.2, 0.25) is 5.91 Å². The lowest BCUT2D eigenvalue weighted by atomic mass is 9.85. The molecule has 16 heavy (non-hydrogen) atoms. The standard InChI is InChI=1S/C13H26N2O/c1-5-13(4,9-14)12(16)15-8-6-7-11(15)10(2)3/h10-11H,5-9,14H2,1-4H3. The normalized spacial score (nSPS) is 24.9. The summed E-state index contributed by atoms with van der Waals surface area (Å²) in [6, 6.07) is 0.421. The summed E-state index contributed by atoms with van der Waals surface area (Å²) in [6.45, 7) is 9.79. The van der Waals surface area contributed by atoms with Crippen LogP contribution in [0.3, 0.4) is 0 Å². The molecule has 2 atom stereocenters. The Morgan fingerprint density at radius 2 is 2.19 bits per heavy atom. The monoisotopic (exact) mass is 226 g/mol. The zero-order valence-corrected chi connectivity index (χ0v) is 11.1. The fraction of sp³-hybridized carbons (Fsp3) is 0.923. The minimum atomic E-state index is -0.364. The Bertz CT molecular complexity index is 246. The summed E-state index contributed by atoms with van der Waals surface area (Å²) in [7, 11) is 0. The lowest BCUT2D eigenvalue weighted by molar-refractivity contribution is -0.142. The van der Waals surface area contributed by atoms with Gasteiger partial charge in [0.15, 0.2) is 0 Å². The van der Waals surface area contributed by atoms with Gasteiger partial charge in [-0.1, -0.05) is 20.8 Å². The summed E-state index contributed by atoms with van der Waals surface area (Å²) >= 11 is 0. The van der Waals surface area contributed by atoms with Crippen molar-refractivity contribution in [1.82, 2.24) is 4.90 Å². The molecule has 1 rings (SSSR count). The molecule has 0 bridgehead atoms. The van der Waals surface area contributed by atoms with Crippen molar-refractivity contribution in [3.63, 3.8) is 0 Å². The van der Waals surface area contributed by atoms with E-state index in [4.69, 9.17) is 5.73 Å². The maximum Gasteiger partial charge on any atom is 0.230 e. The van der Waals surface area contributed by atoms with Gasteiger partial charge >= 0.3 is 0 Å². The molecule has 0 spiro atoms. The Labute approximate surface area is 99.4 Å². The predicted octanol–water partition coefficient (Wildman–Crippen LogP) is 2.01. The number of nitrogens with two attached hydrogens (primary N) is 1. The van der Waals surface area contributed by atoms with E-state index in [1.165, 1.54) is 0 Å². The molecule has 2 unspecified atom stereocenters. The van der Waals surface area contributed by atoms with Crippen LogP contribution in [0.25, 0.3) is 0 Å². The highest BCUT2D eigenvalue weighted by atomic mass is 16.2. The summed E-state index contributed by atoms with van der Waals surface area (Å²) in [5, 5.41) is 0. The van der Waals surface area contributed by atoms with E-state index in [2.05, 4.69) is 18.7 Å². The van der Waals surface area contributed by atoms with Crippen LogP contribution in [0.15, 0.2) is 0 Å². The third kappa shape index (κ3) is 2.40. The van der Waals surface area contributed by atoms with E-state index >= 15 is 0 Å². The number of likely N-dealkylation sites (tertiary alicyclic amines) is 1. The van der Waals surface area contributed by atoms with Crippen LogP contribution in [-0.2, 0) is 4.79 Å². The molecule has 94 valence electrons. The van der Waals surface area contributed by atoms with Crippen LogP contribution in [0, 0.1) is 11.3 Å². The van der Waals surface area contributed by atoms with Crippen molar-refractivity contribution < 1.29 is 4.79 Å². The first-order valence-electron chi connectivity index (χ1n) is 6.47. The number of carbonyl (C=O) groups excluding carboxylic acids is 1. The van der Waals surface area contributed by atoms with E-state index in [0.717, 1.165) is 25.8 Å². The summed E-state index contributed by atoms with van der Waals surface area (Å²) < 4.78 is 0. The van der Waals surface area contributed by atoms with E-state index in [1.807, 2.05) is 13.8 Å². The van der Waals surface area contributed by atoms with Gasteiger partial charge in [0.05, 0.1) is 5.41 Å². The first-order valence-corrected chi connectivity index (χ1v) is 6.47. The molecule has 1 fully saturated rings. The zero-order chi connectivity index (χ0) is 12.3. The average Bonchev–Trinajstić information content (AvgIpc) is 2.75. The van der Waals surface area contributed by atoms with E-state index in [-0.39, 0.29) is 11.3 Å². The lowest BCUT2D eigenvalue weighted by Gasteiger charge is -2.35. The smallest absolute Gasteiger partial charge is 0.230 e. The van der Waals surface area contributed by atoms with Gasteiger partial charge in [-0.15, -0.1) is 0 Å². The molecule has 0 aromatic heterocycles. The molecular formula is C13H26N2O. The molecule has 1 aliphatic rings. The van der Waals surface area contributed by atoms with Crippen molar-refractivity contribution in [2.24, 2.45) is 17.1 Å². The Morgan fingerprint density at radius 1 is 1.56 bits per heavy atom. The minimum Gasteiger partial charge on any atom is -0.339 e. The van der Waals surface area contributed by atoms with Crippen LogP contribution in [0.1, 0.15) is 47.0 Å². The fourth-order valence-corrected chi connectivity index (χ4v) is 2.47. The third-order valence-electron chi connectivity index (χ3n) is 4.08. The van der Waals surface area contributed by atoms with Gasteiger partial charge in [0.1, 0.15) is 0 Å². The molecule has 0 aromatic carbocycles. The fourth-order valence-electron chi connectivity index (χ4n) is 2.47. The van der Waals surface area contributed by atoms with Crippen molar-refractivity contribution >= 4 is 5.91 Å². The van der Waals surface area contributed by atoms with E-state index in [1.54, 1.807) is 0 Å². The van der Waals surface area contributed by atoms with Gasteiger partial charge in [-0.25, -0.2) is 0 Å². The van der Waals surface area contributed by atoms with E-state index < -0.39 is 0 Å². The van der Waals surface area contributed by atoms with E-state index in [9.17, 15) is 4.79 Å². The molecule has 0 aliphatic carbocycles. The van der Waals surface area contributed by atoms with Gasteiger partial charge in [0, 0.05) is 19.1 Å². The molecule has 2 N–H and O–H groups in total. The highest BCUT2D eigenvalue weighted by Crippen LogP contribution is 2.30. The summed E-state index contributed by atoms with van der Waals surface area (Å²) in [5.74, 6) is 0.805. The lowest BCUT2D eigenvalue weighted by Crippen LogP contribution is -2.49. The van der Waals surface area contributed by atoms with Gasteiger partial charge in [-0.3, -0.25) is 4.79 Å². The first kappa shape index (κ1) is 13.5. The second-order valence-corrected chi connectivity index (χ2v) is 5.57. The van der Waals surface area contributed by atoms with Crippen LogP contribution in [-0.4, -0.2) is 29.9 Å². The molecule has 0 radical (unpaired) electrons. The number of amides is 1. The summed E-state index contributed by atoms with van der Waals surface area (Å²) in [4.78, 5) is 14.6. The molecule has 0 saturated carbocycles. The van der Waals surface area contributed by atoms with Crippen molar-refractivity contribution in [1.29, 1.82) is 0 Å². The Kier molecular flexibility index (Phi) is 4.36. The van der Waals surface area contributed by atoms with Gasteiger partial charge in [-0.05, 0) is 32.1 Å². The minimum absolute atomic E-state index is 0.258. The number of hydrogen-bond donors (Lipinski definition) is 1. The topological polar surface area (TPSA) is 46.3 Å². The largest absolute Gasteiger partial charge is 0.339 e. The van der Waals surface area contributed by atoms with Crippen LogP contribution in [0.4, 0.5) is 0 Å². The van der Waals surface area contributed by atoms with Crippen molar-refractivity contribution in [2.75, 3.05) is 13.1 Å². The van der Waals surface area contributed by atoms with Crippen molar-refractivity contribution in [2.45, 2.75) is 53.0 Å². The SMILES string of the molecule is CCC(C)(CN)C(=O)N1CCCC1C(C)C. The Hall–Kier alpha value is -0.570. The third-order valence-corrected chi connectivity index (χ3v) is 4.08. The predicted molar refractivity (Wildman–Crippen MR) is 67.0 cm³/mol. The zero-order valence-electron chi connectivity index (χ0n) is 11.1. The highest BCUT2D eigenvalue weighted by Gasteiger charge is 2.39. The van der Waals surface area contributed by atoms with Gasteiger partial charge in [0.25, 0.3) is 0 Å². The first-order chi connectivity index (χ1) is 7.46. The number of rotatable bonds is 4. The van der Waals surface area contributed by atoms with Gasteiger partial charge in [-0.2, -0.15) is 0 Å². The molecule has 1 aliphatic heterocycles. The number of carbonyl (C=O) groups is 1. The quantitative estimate of drug-likeness (QED) is 0.797. The molecular weight excluding hydrogens is 200 g/mol. The molecule has 0 aromatic rings. The second-order valence-electron chi connectivity index (χ2n) is 5.57. The number of nitrogens with zero attached hydrogens (tertiary/aromatic N) is 1. The van der Waals surface area contributed by atoms with Gasteiger partial charge < -0.3 is 10.6 Å². The molecule has 3 nitrogen and oxygen atoms in total. The number of hydrogen-bond acceptors (Lipinski definition) is 2. The van der Waals surface area contributed by atoms with Crippen LogP contribution in [0.2, 0.25) is 0 Å². The Balaban J connectivity index is 2.80. The van der Waals surface area contributed by atoms with Crippen LogP contribution in [0.5, 0.6) is 0 Å². The average molecular weight is 226 g/mol. The van der Waals surface area contributed by atoms with Crippen molar-refractivity contribution in [3.05, 3.63) is 0 Å². The van der Waals surface area contributed by atoms with Crippen LogP contribution < -0.4 is 5.73 Å². The summed E-state index contributed by atoms with van der Waals surface area (Å²) in [6.07, 6.45) is 3.11. The second kappa shape index (κ2) is 5.17. The molecule has 1 heterocycles.